The van der Waals surface area contributed by atoms with E-state index >= 15 is 0 Å². The Morgan fingerprint density at radius 1 is 1.35 bits per heavy atom. The van der Waals surface area contributed by atoms with Crippen LogP contribution in [-0.2, 0) is 0 Å². The van der Waals surface area contributed by atoms with Crippen LogP contribution < -0.4 is 15.0 Å². The van der Waals surface area contributed by atoms with E-state index in [-0.39, 0.29) is 23.3 Å². The SMILES string of the molecule is O=C(O)c1[nH]nnc1NC1CCCN(c2ccc(OC(F)(F)F)cc2)C1. The van der Waals surface area contributed by atoms with Gasteiger partial charge in [-0.05, 0) is 37.1 Å². The molecule has 2 heterocycles. The predicted molar refractivity (Wildman–Crippen MR) is 85.3 cm³/mol. The molecular formula is C15H16F3N5O3. The number of H-pyrrole nitrogens is 1. The van der Waals surface area contributed by atoms with Crippen molar-refractivity contribution in [1.29, 1.82) is 0 Å². The van der Waals surface area contributed by atoms with Gasteiger partial charge in [-0.25, -0.2) is 9.89 Å². The third-order valence-corrected chi connectivity index (χ3v) is 3.96. The average Bonchev–Trinajstić information content (AvgIpc) is 3.03. The summed E-state index contributed by atoms with van der Waals surface area (Å²) in [6.07, 6.45) is -3.09. The molecule has 3 rings (SSSR count). The first-order valence-electron chi connectivity index (χ1n) is 7.83. The molecule has 0 amide bonds. The molecule has 1 unspecified atom stereocenters. The van der Waals surface area contributed by atoms with Crippen molar-refractivity contribution in [3.05, 3.63) is 30.0 Å². The van der Waals surface area contributed by atoms with Gasteiger partial charge in [-0.1, -0.05) is 5.21 Å². The number of carbonyl (C=O) groups is 1. The summed E-state index contributed by atoms with van der Waals surface area (Å²) >= 11 is 0. The third kappa shape index (κ3) is 4.35. The van der Waals surface area contributed by atoms with E-state index in [1.807, 2.05) is 4.90 Å². The number of aromatic amines is 1. The molecule has 1 saturated heterocycles. The van der Waals surface area contributed by atoms with Crippen LogP contribution >= 0.6 is 0 Å². The van der Waals surface area contributed by atoms with Crippen LogP contribution in [0.1, 0.15) is 23.3 Å². The Morgan fingerprint density at radius 3 is 2.73 bits per heavy atom. The number of alkyl halides is 3. The second kappa shape index (κ2) is 7.10. The number of hydrogen-bond donors (Lipinski definition) is 3. The molecule has 0 radical (unpaired) electrons. The number of aromatic nitrogens is 3. The molecule has 0 saturated carbocycles. The van der Waals surface area contributed by atoms with E-state index in [0.717, 1.165) is 25.1 Å². The molecule has 11 heteroatoms. The largest absolute Gasteiger partial charge is 0.573 e. The van der Waals surface area contributed by atoms with Gasteiger partial charge in [0.2, 0.25) is 0 Å². The molecule has 0 aliphatic carbocycles. The molecule has 1 atom stereocenters. The molecule has 3 N–H and O–H groups in total. The van der Waals surface area contributed by atoms with Crippen molar-refractivity contribution in [2.45, 2.75) is 25.2 Å². The minimum Gasteiger partial charge on any atom is -0.476 e. The van der Waals surface area contributed by atoms with E-state index in [0.29, 0.717) is 6.54 Å². The van der Waals surface area contributed by atoms with Crippen LogP contribution in [0.3, 0.4) is 0 Å². The summed E-state index contributed by atoms with van der Waals surface area (Å²) in [5, 5.41) is 21.7. The van der Waals surface area contributed by atoms with Crippen LogP contribution in [0.15, 0.2) is 24.3 Å². The van der Waals surface area contributed by atoms with Crippen molar-refractivity contribution in [2.24, 2.45) is 0 Å². The highest BCUT2D eigenvalue weighted by Crippen LogP contribution is 2.27. The van der Waals surface area contributed by atoms with Crippen LogP contribution in [0.5, 0.6) is 5.75 Å². The zero-order valence-electron chi connectivity index (χ0n) is 13.5. The van der Waals surface area contributed by atoms with Gasteiger partial charge in [0.1, 0.15) is 5.75 Å². The van der Waals surface area contributed by atoms with Crippen LogP contribution in [-0.4, -0.2) is 52.0 Å². The molecule has 1 aromatic carbocycles. The second-order valence-corrected chi connectivity index (χ2v) is 5.81. The molecule has 1 aromatic heterocycles. The van der Waals surface area contributed by atoms with Crippen LogP contribution in [0.2, 0.25) is 0 Å². The number of nitrogens with zero attached hydrogens (tertiary/aromatic N) is 3. The molecule has 1 aliphatic heterocycles. The number of rotatable bonds is 5. The fraction of sp³-hybridized carbons (Fsp3) is 0.400. The molecule has 0 bridgehead atoms. The fourth-order valence-corrected chi connectivity index (χ4v) is 2.86. The standard InChI is InChI=1S/C15H16F3N5O3/c16-15(17,18)26-11-5-3-10(4-6-11)23-7-1-2-9(8-23)19-13-12(14(24)25)20-22-21-13/h3-6,9H,1-2,7-8H2,(H,24,25)(H2,19,20,21,22). The highest BCUT2D eigenvalue weighted by Gasteiger charge is 2.31. The van der Waals surface area contributed by atoms with Gasteiger partial charge < -0.3 is 20.1 Å². The predicted octanol–water partition coefficient (Wildman–Crippen LogP) is 2.48. The van der Waals surface area contributed by atoms with Crippen molar-refractivity contribution < 1.29 is 27.8 Å². The van der Waals surface area contributed by atoms with Gasteiger partial charge in [-0.3, -0.25) is 0 Å². The van der Waals surface area contributed by atoms with E-state index in [9.17, 15) is 18.0 Å². The quantitative estimate of drug-likeness (QED) is 0.742. The van der Waals surface area contributed by atoms with E-state index < -0.39 is 12.3 Å². The highest BCUT2D eigenvalue weighted by molar-refractivity contribution is 5.90. The van der Waals surface area contributed by atoms with Crippen LogP contribution in [0.4, 0.5) is 24.7 Å². The zero-order valence-corrected chi connectivity index (χ0v) is 13.5. The van der Waals surface area contributed by atoms with Crippen molar-refractivity contribution >= 4 is 17.5 Å². The minimum atomic E-state index is -4.72. The fourth-order valence-electron chi connectivity index (χ4n) is 2.86. The normalized spacial score (nSPS) is 17.8. The number of halogens is 3. The van der Waals surface area contributed by atoms with Gasteiger partial charge in [0.05, 0.1) is 0 Å². The molecule has 0 spiro atoms. The van der Waals surface area contributed by atoms with Crippen molar-refractivity contribution in [2.75, 3.05) is 23.3 Å². The lowest BCUT2D eigenvalue weighted by atomic mass is 10.0. The van der Waals surface area contributed by atoms with Gasteiger partial charge in [0.15, 0.2) is 11.5 Å². The Kier molecular flexibility index (Phi) is 4.87. The lowest BCUT2D eigenvalue weighted by Gasteiger charge is -2.34. The Labute approximate surface area is 145 Å². The molecule has 2 aromatic rings. The summed E-state index contributed by atoms with van der Waals surface area (Å²) in [6.45, 7) is 1.29. The summed E-state index contributed by atoms with van der Waals surface area (Å²) in [7, 11) is 0. The summed E-state index contributed by atoms with van der Waals surface area (Å²) in [4.78, 5) is 13.1. The number of carboxylic acid groups (broad SMARTS) is 1. The smallest absolute Gasteiger partial charge is 0.476 e. The summed E-state index contributed by atoms with van der Waals surface area (Å²) in [5.41, 5.74) is 0.639. The van der Waals surface area contributed by atoms with E-state index in [2.05, 4.69) is 25.5 Å². The number of nitrogens with one attached hydrogen (secondary N) is 2. The lowest BCUT2D eigenvalue weighted by Crippen LogP contribution is -2.42. The van der Waals surface area contributed by atoms with Gasteiger partial charge in [0.25, 0.3) is 0 Å². The average molecular weight is 371 g/mol. The Morgan fingerprint density at radius 2 is 2.08 bits per heavy atom. The molecule has 26 heavy (non-hydrogen) atoms. The number of anilines is 2. The molecule has 1 fully saturated rings. The lowest BCUT2D eigenvalue weighted by molar-refractivity contribution is -0.274. The van der Waals surface area contributed by atoms with Crippen LogP contribution in [0, 0.1) is 0 Å². The minimum absolute atomic E-state index is 0.0712. The van der Waals surface area contributed by atoms with Crippen molar-refractivity contribution in [1.82, 2.24) is 15.4 Å². The molecule has 8 nitrogen and oxygen atoms in total. The number of hydrogen-bond acceptors (Lipinski definition) is 6. The summed E-state index contributed by atoms with van der Waals surface area (Å²) < 4.78 is 40.5. The van der Waals surface area contributed by atoms with Crippen molar-refractivity contribution in [3.8, 4) is 5.75 Å². The summed E-state index contributed by atoms with van der Waals surface area (Å²) in [6, 6.07) is 5.57. The third-order valence-electron chi connectivity index (χ3n) is 3.96. The van der Waals surface area contributed by atoms with E-state index in [1.165, 1.54) is 12.1 Å². The zero-order chi connectivity index (χ0) is 18.7. The van der Waals surface area contributed by atoms with Gasteiger partial charge >= 0.3 is 12.3 Å². The topological polar surface area (TPSA) is 103 Å². The monoisotopic (exact) mass is 371 g/mol. The highest BCUT2D eigenvalue weighted by atomic mass is 19.4. The first-order valence-corrected chi connectivity index (χ1v) is 7.83. The Hall–Kier alpha value is -2.98. The van der Waals surface area contributed by atoms with Gasteiger partial charge in [0, 0.05) is 24.8 Å². The van der Waals surface area contributed by atoms with Crippen LogP contribution in [0.25, 0.3) is 0 Å². The maximum Gasteiger partial charge on any atom is 0.573 e. The Balaban J connectivity index is 1.65. The molecule has 1 aliphatic rings. The number of aromatic carboxylic acids is 1. The van der Waals surface area contributed by atoms with Gasteiger partial charge in [-0.15, -0.1) is 18.3 Å². The van der Waals surface area contributed by atoms with Gasteiger partial charge in [-0.2, -0.15) is 0 Å². The molecule has 140 valence electrons. The first-order chi connectivity index (χ1) is 12.3. The maximum absolute atomic E-state index is 12.2. The number of piperidine rings is 1. The second-order valence-electron chi connectivity index (χ2n) is 5.81. The van der Waals surface area contributed by atoms with E-state index in [4.69, 9.17) is 5.11 Å². The number of benzene rings is 1. The molecular weight excluding hydrogens is 355 g/mol. The maximum atomic E-state index is 12.2. The number of carboxylic acids is 1. The van der Waals surface area contributed by atoms with E-state index in [1.54, 1.807) is 12.1 Å². The van der Waals surface area contributed by atoms with Crippen molar-refractivity contribution in [3.63, 3.8) is 0 Å². The number of ether oxygens (including phenoxy) is 1. The summed E-state index contributed by atoms with van der Waals surface area (Å²) in [5.74, 6) is -1.27. The first kappa shape index (κ1) is 17.8. The Bertz CT molecular complexity index is 763.